The van der Waals surface area contributed by atoms with Crippen molar-refractivity contribution in [3.8, 4) is 10.6 Å². The van der Waals surface area contributed by atoms with Crippen LogP contribution in [0.3, 0.4) is 0 Å². The Labute approximate surface area is 254 Å². The Hall–Kier alpha value is -3.51. The fraction of sp³-hybridized carbons (Fsp3) is 0.258. The second kappa shape index (κ2) is 12.4. The molecule has 1 aliphatic rings. The van der Waals surface area contributed by atoms with Gasteiger partial charge in [0.25, 0.3) is 11.8 Å². The molecule has 0 fully saturated rings. The second-order valence-electron chi connectivity index (χ2n) is 10.9. The molecule has 0 unspecified atom stereocenters. The van der Waals surface area contributed by atoms with E-state index in [1.165, 1.54) is 46.6 Å². The number of thiazole rings is 1. The molecule has 5 rings (SSSR count). The minimum absolute atomic E-state index is 0.0496. The Morgan fingerprint density at radius 3 is 2.55 bits per heavy atom. The highest BCUT2D eigenvalue weighted by Gasteiger charge is 2.31. The molecule has 3 N–H and O–H groups in total. The highest BCUT2D eigenvalue weighted by molar-refractivity contribution is 7.99. The van der Waals surface area contributed by atoms with E-state index in [9.17, 15) is 18.0 Å². The number of fused-ring (bicyclic) bond motifs is 2. The van der Waals surface area contributed by atoms with Crippen LogP contribution in [-0.2, 0) is 16.4 Å². The Kier molecular flexibility index (Phi) is 8.84. The van der Waals surface area contributed by atoms with E-state index in [1.54, 1.807) is 18.3 Å². The lowest BCUT2D eigenvalue weighted by Gasteiger charge is -2.20. The number of hydrogen-bond acceptors (Lipinski definition) is 8. The molecule has 11 heteroatoms. The number of nitrogens with one attached hydrogen (secondary N) is 3. The molecular weight excluding hydrogens is 589 g/mol. The molecule has 1 aromatic heterocycles. The summed E-state index contributed by atoms with van der Waals surface area (Å²) in [4.78, 5) is 32.2. The molecular formula is C31H32N4O4S3. The lowest BCUT2D eigenvalue weighted by atomic mass is 10.1. The molecule has 2 heterocycles. The zero-order chi connectivity index (χ0) is 29.9. The van der Waals surface area contributed by atoms with Gasteiger partial charge in [-0.1, -0.05) is 24.3 Å². The molecule has 3 aromatic carbocycles. The summed E-state index contributed by atoms with van der Waals surface area (Å²) < 4.78 is 26.4. The van der Waals surface area contributed by atoms with Crippen molar-refractivity contribution in [3.05, 3.63) is 88.9 Å². The van der Waals surface area contributed by atoms with E-state index in [0.29, 0.717) is 0 Å². The maximum absolute atomic E-state index is 13.2. The average molecular weight is 621 g/mol. The van der Waals surface area contributed by atoms with Crippen molar-refractivity contribution in [1.82, 2.24) is 15.6 Å². The first-order valence-corrected chi connectivity index (χ1v) is 16.8. The van der Waals surface area contributed by atoms with Gasteiger partial charge in [-0.05, 0) is 82.0 Å². The van der Waals surface area contributed by atoms with Crippen LogP contribution < -0.4 is 16.0 Å². The first kappa shape index (κ1) is 30.0. The number of carbonyl (C=O) groups excluding carboxylic acids is 2. The molecule has 0 radical (unpaired) electrons. The summed E-state index contributed by atoms with van der Waals surface area (Å²) in [6.45, 7) is 7.77. The molecule has 218 valence electrons. The standard InChI is InChI=1S/C31H32N4O4S3/c1-31(2,3)34-15-6-16-40-22-12-9-20(10-13-22)30-33-19-23(41-30)18-32-28(36)21-11-14-27-25(17-21)35-29(37)24-7-4-5-8-26(24)42(27,38)39/h4-5,7-14,17,19,34H,6,15-16,18H2,1-3H3,(H,32,36)(H,35,37). The summed E-state index contributed by atoms with van der Waals surface area (Å²) in [6, 6.07) is 18.6. The Bertz CT molecular complexity index is 1730. The van der Waals surface area contributed by atoms with Crippen molar-refractivity contribution in [3.63, 3.8) is 0 Å². The number of rotatable bonds is 9. The van der Waals surface area contributed by atoms with Gasteiger partial charge in [0.2, 0.25) is 9.84 Å². The molecule has 0 bridgehead atoms. The van der Waals surface area contributed by atoms with Crippen LogP contribution in [0.4, 0.5) is 5.69 Å². The third kappa shape index (κ3) is 6.92. The van der Waals surface area contributed by atoms with Crippen LogP contribution in [-0.4, -0.2) is 43.1 Å². The first-order chi connectivity index (χ1) is 20.0. The average Bonchev–Trinajstić information content (AvgIpc) is 3.41. The number of amides is 2. The number of sulfone groups is 1. The van der Waals surface area contributed by atoms with E-state index in [1.807, 2.05) is 11.8 Å². The summed E-state index contributed by atoms with van der Waals surface area (Å²) in [5, 5.41) is 9.87. The van der Waals surface area contributed by atoms with Crippen molar-refractivity contribution in [2.24, 2.45) is 0 Å². The van der Waals surface area contributed by atoms with E-state index < -0.39 is 15.7 Å². The minimum Gasteiger partial charge on any atom is -0.347 e. The van der Waals surface area contributed by atoms with Crippen LogP contribution in [0.5, 0.6) is 0 Å². The number of hydrogen-bond donors (Lipinski definition) is 3. The molecule has 8 nitrogen and oxygen atoms in total. The molecule has 4 aromatic rings. The highest BCUT2D eigenvalue weighted by atomic mass is 32.2. The molecule has 42 heavy (non-hydrogen) atoms. The van der Waals surface area contributed by atoms with Crippen molar-refractivity contribution in [2.45, 2.75) is 54.0 Å². The van der Waals surface area contributed by atoms with Crippen LogP contribution in [0.25, 0.3) is 10.6 Å². The Morgan fingerprint density at radius 1 is 1.02 bits per heavy atom. The van der Waals surface area contributed by atoms with E-state index in [0.717, 1.165) is 34.2 Å². The van der Waals surface area contributed by atoms with Crippen molar-refractivity contribution in [1.29, 1.82) is 0 Å². The van der Waals surface area contributed by atoms with Gasteiger partial charge in [0.1, 0.15) is 5.01 Å². The van der Waals surface area contributed by atoms with Crippen molar-refractivity contribution < 1.29 is 18.0 Å². The van der Waals surface area contributed by atoms with E-state index in [4.69, 9.17) is 0 Å². The van der Waals surface area contributed by atoms with Gasteiger partial charge in [-0.25, -0.2) is 13.4 Å². The van der Waals surface area contributed by atoms with E-state index >= 15 is 0 Å². The van der Waals surface area contributed by atoms with Crippen LogP contribution in [0, 0.1) is 0 Å². The molecule has 1 aliphatic heterocycles. The Morgan fingerprint density at radius 2 is 1.79 bits per heavy atom. The third-order valence-corrected chi connectivity index (χ3v) is 10.5. The quantitative estimate of drug-likeness (QED) is 0.155. The summed E-state index contributed by atoms with van der Waals surface area (Å²) in [5.41, 5.74) is 1.54. The number of anilines is 1. The minimum atomic E-state index is -3.93. The summed E-state index contributed by atoms with van der Waals surface area (Å²) >= 11 is 3.33. The van der Waals surface area contributed by atoms with Gasteiger partial charge >= 0.3 is 0 Å². The van der Waals surface area contributed by atoms with Crippen LogP contribution in [0.2, 0.25) is 0 Å². The molecule has 2 amide bonds. The number of benzene rings is 3. The second-order valence-corrected chi connectivity index (χ2v) is 15.1. The molecule has 0 aliphatic carbocycles. The Balaban J connectivity index is 1.18. The maximum Gasteiger partial charge on any atom is 0.257 e. The maximum atomic E-state index is 13.2. The van der Waals surface area contributed by atoms with Crippen molar-refractivity contribution >= 4 is 50.4 Å². The largest absolute Gasteiger partial charge is 0.347 e. The summed E-state index contributed by atoms with van der Waals surface area (Å²) in [5.74, 6) is 0.117. The number of nitrogens with zero attached hydrogens (tertiary/aromatic N) is 1. The van der Waals surface area contributed by atoms with Crippen LogP contribution in [0.1, 0.15) is 52.8 Å². The monoisotopic (exact) mass is 620 g/mol. The lowest BCUT2D eigenvalue weighted by Crippen LogP contribution is -2.36. The summed E-state index contributed by atoms with van der Waals surface area (Å²) in [7, 11) is -3.93. The molecule has 0 saturated carbocycles. The van der Waals surface area contributed by atoms with Gasteiger partial charge in [-0.15, -0.1) is 23.1 Å². The zero-order valence-corrected chi connectivity index (χ0v) is 26.0. The fourth-order valence-electron chi connectivity index (χ4n) is 4.41. The topological polar surface area (TPSA) is 117 Å². The SMILES string of the molecule is CC(C)(C)NCCCSc1ccc(-c2ncc(CNC(=O)c3ccc4c(c3)NC(=O)c3ccccc3S4(=O)=O)s2)cc1. The van der Waals surface area contributed by atoms with Gasteiger partial charge in [-0.2, -0.15) is 0 Å². The van der Waals surface area contributed by atoms with Gasteiger partial charge in [0.15, 0.2) is 0 Å². The molecule has 0 atom stereocenters. The van der Waals surface area contributed by atoms with Crippen molar-refractivity contribution in [2.75, 3.05) is 17.6 Å². The number of carbonyl (C=O) groups is 2. The van der Waals surface area contributed by atoms with E-state index in [2.05, 4.69) is 66.0 Å². The lowest BCUT2D eigenvalue weighted by molar-refractivity contribution is 0.0949. The predicted octanol–water partition coefficient (Wildman–Crippen LogP) is 6.01. The number of aromatic nitrogens is 1. The fourth-order valence-corrected chi connectivity index (χ4v) is 7.71. The zero-order valence-electron chi connectivity index (χ0n) is 23.6. The molecule has 0 spiro atoms. The smallest absolute Gasteiger partial charge is 0.257 e. The van der Waals surface area contributed by atoms with E-state index in [-0.39, 0.29) is 44.6 Å². The predicted molar refractivity (Wildman–Crippen MR) is 168 cm³/mol. The highest BCUT2D eigenvalue weighted by Crippen LogP contribution is 2.34. The third-order valence-electron chi connectivity index (χ3n) is 6.52. The van der Waals surface area contributed by atoms with Crippen LogP contribution >= 0.6 is 23.1 Å². The number of thioether (sulfide) groups is 1. The molecule has 0 saturated heterocycles. The summed E-state index contributed by atoms with van der Waals surface area (Å²) in [6.07, 6.45) is 2.84. The van der Waals surface area contributed by atoms with Gasteiger partial charge in [0, 0.05) is 32.6 Å². The van der Waals surface area contributed by atoms with Crippen LogP contribution in [0.15, 0.2) is 87.6 Å². The van der Waals surface area contributed by atoms with Gasteiger partial charge in [0.05, 0.1) is 27.6 Å². The first-order valence-electron chi connectivity index (χ1n) is 13.5. The normalized spacial score (nSPS) is 13.9. The van der Waals surface area contributed by atoms with Gasteiger partial charge < -0.3 is 16.0 Å². The van der Waals surface area contributed by atoms with Gasteiger partial charge in [-0.3, -0.25) is 9.59 Å².